The molecule has 0 fully saturated rings. The van der Waals surface area contributed by atoms with Crippen LogP contribution in [0.15, 0.2) is 79.0 Å². The molecule has 10 nitrogen and oxygen atoms in total. The Morgan fingerprint density at radius 3 is 2.46 bits per heavy atom. The molecule has 0 aliphatic heterocycles. The number of esters is 1. The predicted octanol–water partition coefficient (Wildman–Crippen LogP) is 6.43. The number of aromatic nitrogens is 7. The van der Waals surface area contributed by atoms with Crippen molar-refractivity contribution in [1.29, 1.82) is 0 Å². The fraction of sp³-hybridized carbons (Fsp3) is 0.286. The third kappa shape index (κ3) is 5.70. The van der Waals surface area contributed by atoms with Gasteiger partial charge in [0.2, 0.25) is 5.82 Å². The number of hydrogen-bond acceptors (Lipinski definition) is 7. The Morgan fingerprint density at radius 1 is 1.02 bits per heavy atom. The summed E-state index contributed by atoms with van der Waals surface area (Å²) < 4.78 is 7.66. The first-order valence-corrected chi connectivity index (χ1v) is 15.7. The summed E-state index contributed by atoms with van der Waals surface area (Å²) in [6.07, 6.45) is 4.96. The van der Waals surface area contributed by atoms with Crippen molar-refractivity contribution in [3.8, 4) is 22.5 Å². The van der Waals surface area contributed by atoms with Crippen LogP contribution in [-0.4, -0.2) is 67.2 Å². The van der Waals surface area contributed by atoms with E-state index in [0.717, 1.165) is 63.8 Å². The van der Waals surface area contributed by atoms with E-state index in [1.54, 1.807) is 0 Å². The zero-order chi connectivity index (χ0) is 32.3. The van der Waals surface area contributed by atoms with Gasteiger partial charge in [-0.25, -0.2) is 9.78 Å². The van der Waals surface area contributed by atoms with Gasteiger partial charge in [-0.2, -0.15) is 5.21 Å². The van der Waals surface area contributed by atoms with Crippen LogP contribution in [0.3, 0.4) is 0 Å². The van der Waals surface area contributed by atoms with Crippen LogP contribution in [0.5, 0.6) is 0 Å². The van der Waals surface area contributed by atoms with Gasteiger partial charge in [-0.15, -0.1) is 10.2 Å². The number of likely N-dealkylation sites (N-methyl/N-ethyl adjacent to an activating group) is 1. The Balaban J connectivity index is 1.44. The van der Waals surface area contributed by atoms with Crippen molar-refractivity contribution in [2.24, 2.45) is 0 Å². The van der Waals surface area contributed by atoms with E-state index in [2.05, 4.69) is 67.4 Å². The topological polar surface area (TPSA) is 118 Å². The third-order valence-corrected chi connectivity index (χ3v) is 8.94. The van der Waals surface area contributed by atoms with E-state index in [4.69, 9.17) is 21.3 Å². The molecule has 11 heteroatoms. The summed E-state index contributed by atoms with van der Waals surface area (Å²) in [5, 5.41) is 16.0. The molecular formula is C35H37ClN8O2. The Kier molecular flexibility index (Phi) is 9.01. The highest BCUT2D eigenvalue weighted by molar-refractivity contribution is 6.30. The molecule has 6 rings (SSSR count). The Bertz CT molecular complexity index is 1950. The quantitative estimate of drug-likeness (QED) is 0.149. The summed E-state index contributed by atoms with van der Waals surface area (Å²) in [5.41, 5.74) is 5.31. The second-order valence-corrected chi connectivity index (χ2v) is 12.0. The summed E-state index contributed by atoms with van der Waals surface area (Å²) in [5.74, 6) is 0.972. The molecule has 236 valence electrons. The third-order valence-electron chi connectivity index (χ3n) is 8.68. The number of aromatic amines is 2. The highest BCUT2D eigenvalue weighted by Crippen LogP contribution is 2.40. The molecule has 0 spiro atoms. The van der Waals surface area contributed by atoms with Crippen LogP contribution in [-0.2, 0) is 34.5 Å². The van der Waals surface area contributed by atoms with E-state index in [1.165, 1.54) is 7.11 Å². The lowest BCUT2D eigenvalue weighted by Crippen LogP contribution is -2.52. The molecule has 0 radical (unpaired) electrons. The first kappa shape index (κ1) is 31.2. The van der Waals surface area contributed by atoms with E-state index < -0.39 is 11.5 Å². The molecule has 6 aromatic rings. The Labute approximate surface area is 272 Å². The lowest BCUT2D eigenvalue weighted by molar-refractivity contribution is -0.155. The summed E-state index contributed by atoms with van der Waals surface area (Å²) >= 11 is 7.06. The number of hydrogen-bond donors (Lipinski definition) is 2. The van der Waals surface area contributed by atoms with Crippen LogP contribution in [0.2, 0.25) is 5.15 Å². The number of halogens is 1. The number of unbranched alkanes of at least 4 members (excludes halogenated alkanes) is 1. The van der Waals surface area contributed by atoms with E-state index in [1.807, 2.05) is 67.7 Å². The van der Waals surface area contributed by atoms with Gasteiger partial charge in [0, 0.05) is 42.0 Å². The molecule has 0 bridgehead atoms. The molecule has 0 aliphatic carbocycles. The van der Waals surface area contributed by atoms with Gasteiger partial charge in [0.25, 0.3) is 0 Å². The average Bonchev–Trinajstić information content (AvgIpc) is 3.83. The Morgan fingerprint density at radius 2 is 1.76 bits per heavy atom. The van der Waals surface area contributed by atoms with E-state index in [0.29, 0.717) is 29.6 Å². The molecule has 0 amide bonds. The van der Waals surface area contributed by atoms with E-state index in [-0.39, 0.29) is 0 Å². The highest BCUT2D eigenvalue weighted by atomic mass is 35.5. The SMILES string of the molecule is CCCCc1nc(Cl)c([C@@](Cc2c[nH]c3ccccc23)(C(=O)OC)N(C)C)n1Cc1ccc(-c2ccccc2-c2nn[nH]n2)cc1. The number of fused-ring (bicyclic) bond motifs is 1. The molecule has 0 aliphatic rings. The largest absolute Gasteiger partial charge is 0.467 e. The number of tetrazole rings is 1. The van der Waals surface area contributed by atoms with Crippen LogP contribution < -0.4 is 0 Å². The Hall–Kier alpha value is -4.80. The van der Waals surface area contributed by atoms with Gasteiger partial charge in [-0.1, -0.05) is 91.7 Å². The molecule has 0 saturated carbocycles. The molecule has 3 aromatic carbocycles. The number of nitrogens with zero attached hydrogens (tertiary/aromatic N) is 6. The summed E-state index contributed by atoms with van der Waals surface area (Å²) in [6, 6.07) is 24.4. The number of ether oxygens (including phenoxy) is 1. The summed E-state index contributed by atoms with van der Waals surface area (Å²) in [6.45, 7) is 2.62. The average molecular weight is 637 g/mol. The van der Waals surface area contributed by atoms with Gasteiger partial charge in [-0.05, 0) is 54.0 Å². The van der Waals surface area contributed by atoms with Gasteiger partial charge < -0.3 is 14.3 Å². The standard InChI is InChI=1S/C35H37ClN8O2/c1-5-6-15-30-38-32(36)31(35(43(2)3,34(45)46-4)20-25-21-37-29-14-10-9-12-27(25)29)44(30)22-23-16-18-24(19-17-23)26-11-7-8-13-28(26)33-39-41-42-40-33/h7-14,16-19,21,37H,5-6,15,20,22H2,1-4H3,(H,39,40,41,42)/t35-/m0/s1. The lowest BCUT2D eigenvalue weighted by Gasteiger charge is -2.38. The lowest BCUT2D eigenvalue weighted by atomic mass is 9.85. The van der Waals surface area contributed by atoms with Crippen LogP contribution in [0, 0.1) is 0 Å². The number of nitrogens with one attached hydrogen (secondary N) is 2. The molecule has 46 heavy (non-hydrogen) atoms. The van der Waals surface area contributed by atoms with Crippen molar-refractivity contribution < 1.29 is 9.53 Å². The fourth-order valence-electron chi connectivity index (χ4n) is 6.26. The van der Waals surface area contributed by atoms with Gasteiger partial charge >= 0.3 is 5.97 Å². The number of carbonyl (C=O) groups is 1. The fourth-order valence-corrected chi connectivity index (χ4v) is 6.62. The molecule has 1 atom stereocenters. The molecular weight excluding hydrogens is 600 g/mol. The number of carbonyl (C=O) groups excluding carboxylic acids is 1. The van der Waals surface area contributed by atoms with Crippen molar-refractivity contribution in [2.75, 3.05) is 21.2 Å². The maximum atomic E-state index is 14.1. The number of benzene rings is 3. The number of rotatable bonds is 12. The molecule has 3 heterocycles. The van der Waals surface area contributed by atoms with Crippen molar-refractivity contribution in [2.45, 2.75) is 44.7 Å². The van der Waals surface area contributed by atoms with Gasteiger partial charge in [0.05, 0.1) is 12.8 Å². The minimum absolute atomic E-state index is 0.302. The summed E-state index contributed by atoms with van der Waals surface area (Å²) in [7, 11) is 5.20. The predicted molar refractivity (Wildman–Crippen MR) is 179 cm³/mol. The molecule has 0 unspecified atom stereocenters. The van der Waals surface area contributed by atoms with Crippen molar-refractivity contribution in [3.05, 3.63) is 107 Å². The van der Waals surface area contributed by atoms with Crippen LogP contribution in [0.1, 0.15) is 42.4 Å². The monoisotopic (exact) mass is 636 g/mol. The first-order chi connectivity index (χ1) is 22.4. The number of imidazole rings is 1. The second-order valence-electron chi connectivity index (χ2n) is 11.6. The van der Waals surface area contributed by atoms with Gasteiger partial charge in [0.15, 0.2) is 10.7 Å². The van der Waals surface area contributed by atoms with Crippen molar-refractivity contribution in [3.63, 3.8) is 0 Å². The number of aryl methyl sites for hydroxylation is 1. The van der Waals surface area contributed by atoms with Gasteiger partial charge in [-0.3, -0.25) is 4.90 Å². The van der Waals surface area contributed by atoms with Crippen LogP contribution in [0.4, 0.5) is 0 Å². The normalized spacial score (nSPS) is 12.9. The zero-order valence-corrected chi connectivity index (χ0v) is 27.2. The minimum atomic E-state index is -1.25. The second kappa shape index (κ2) is 13.3. The maximum absolute atomic E-state index is 14.1. The molecule has 3 aromatic heterocycles. The maximum Gasteiger partial charge on any atom is 0.332 e. The summed E-state index contributed by atoms with van der Waals surface area (Å²) in [4.78, 5) is 24.2. The zero-order valence-electron chi connectivity index (χ0n) is 26.4. The minimum Gasteiger partial charge on any atom is -0.467 e. The number of methoxy groups -OCH3 is 1. The number of H-pyrrole nitrogens is 2. The van der Waals surface area contributed by atoms with Crippen molar-refractivity contribution >= 4 is 28.5 Å². The smallest absolute Gasteiger partial charge is 0.332 e. The van der Waals surface area contributed by atoms with Crippen LogP contribution in [0.25, 0.3) is 33.4 Å². The first-order valence-electron chi connectivity index (χ1n) is 15.4. The van der Waals surface area contributed by atoms with Crippen molar-refractivity contribution in [1.82, 2.24) is 40.1 Å². The number of para-hydroxylation sites is 1. The molecule has 0 saturated heterocycles. The highest BCUT2D eigenvalue weighted by Gasteiger charge is 2.49. The van der Waals surface area contributed by atoms with E-state index in [9.17, 15) is 4.79 Å². The van der Waals surface area contributed by atoms with Crippen LogP contribution >= 0.6 is 11.6 Å². The van der Waals surface area contributed by atoms with E-state index >= 15 is 0 Å². The van der Waals surface area contributed by atoms with Gasteiger partial charge in [0.1, 0.15) is 5.82 Å². The molecule has 2 N–H and O–H groups in total.